The minimum atomic E-state index is -0.347. The number of aromatic amines is 1. The zero-order valence-corrected chi connectivity index (χ0v) is 12.0. The van der Waals surface area contributed by atoms with Gasteiger partial charge in [-0.25, -0.2) is 4.98 Å². The van der Waals surface area contributed by atoms with Gasteiger partial charge in [0.25, 0.3) is 5.56 Å². The zero-order chi connectivity index (χ0) is 14.3. The van der Waals surface area contributed by atoms with Crippen LogP contribution < -0.4 is 16.6 Å². The highest BCUT2D eigenvalue weighted by atomic mass is 32.2. The third-order valence-electron chi connectivity index (χ3n) is 2.48. The number of hydrogen-bond donors (Lipinski definition) is 3. The van der Waals surface area contributed by atoms with Gasteiger partial charge in [0, 0.05) is 17.5 Å². The van der Waals surface area contributed by atoms with Gasteiger partial charge in [0.2, 0.25) is 5.91 Å². The van der Waals surface area contributed by atoms with E-state index >= 15 is 0 Å². The Hall–Kier alpha value is -1.34. The maximum Gasteiger partial charge on any atom is 0.251 e. The molecule has 0 fully saturated rings. The highest BCUT2D eigenvalue weighted by Gasteiger charge is 2.13. The molecule has 1 aromatic rings. The van der Waals surface area contributed by atoms with Crippen molar-refractivity contribution >= 4 is 17.7 Å². The van der Waals surface area contributed by atoms with E-state index in [2.05, 4.69) is 15.3 Å². The second kappa shape index (κ2) is 7.96. The number of carbonyl (C=O) groups excluding carboxylic acids is 1. The molecule has 106 valence electrons. The van der Waals surface area contributed by atoms with E-state index in [4.69, 9.17) is 5.73 Å². The average molecular weight is 284 g/mol. The van der Waals surface area contributed by atoms with Crippen molar-refractivity contribution in [2.75, 3.05) is 12.3 Å². The maximum absolute atomic E-state index is 11.3. The molecule has 0 spiro atoms. The Morgan fingerprint density at radius 3 is 2.95 bits per heavy atom. The van der Waals surface area contributed by atoms with E-state index in [0.717, 1.165) is 13.0 Å². The molecule has 0 bridgehead atoms. The first kappa shape index (κ1) is 15.7. The Kier molecular flexibility index (Phi) is 6.58. The highest BCUT2D eigenvalue weighted by Crippen LogP contribution is 2.13. The lowest BCUT2D eigenvalue weighted by molar-refractivity contribution is -0.120. The number of thioether (sulfide) groups is 1. The lowest BCUT2D eigenvalue weighted by atomic mass is 10.2. The summed E-state index contributed by atoms with van der Waals surface area (Å²) in [7, 11) is 0. The van der Waals surface area contributed by atoms with Gasteiger partial charge < -0.3 is 16.0 Å². The van der Waals surface area contributed by atoms with Crippen molar-refractivity contribution < 1.29 is 4.79 Å². The summed E-state index contributed by atoms with van der Waals surface area (Å²) in [5, 5.41) is 3.67. The third-order valence-corrected chi connectivity index (χ3v) is 3.38. The van der Waals surface area contributed by atoms with Gasteiger partial charge in [-0.05, 0) is 26.3 Å². The predicted octanol–water partition coefficient (Wildman–Crippen LogP) is 0.414. The van der Waals surface area contributed by atoms with Crippen LogP contribution in [0.25, 0.3) is 0 Å². The Morgan fingerprint density at radius 1 is 1.63 bits per heavy atom. The minimum Gasteiger partial charge on any atom is -0.368 e. The van der Waals surface area contributed by atoms with Gasteiger partial charge in [-0.3, -0.25) is 9.59 Å². The Labute approximate surface area is 116 Å². The predicted molar refractivity (Wildman–Crippen MR) is 76.2 cm³/mol. The van der Waals surface area contributed by atoms with Crippen molar-refractivity contribution in [3.8, 4) is 0 Å². The van der Waals surface area contributed by atoms with Crippen LogP contribution >= 0.6 is 11.8 Å². The first-order valence-electron chi connectivity index (χ1n) is 6.26. The van der Waals surface area contributed by atoms with Gasteiger partial charge in [-0.2, -0.15) is 0 Å². The highest BCUT2D eigenvalue weighted by molar-refractivity contribution is 7.99. The molecule has 0 aliphatic heterocycles. The summed E-state index contributed by atoms with van der Waals surface area (Å²) in [6.45, 7) is 4.56. The van der Waals surface area contributed by atoms with Crippen molar-refractivity contribution in [2.24, 2.45) is 5.73 Å². The molecular formula is C12H20N4O2S. The molecule has 1 unspecified atom stereocenters. The Morgan fingerprint density at radius 2 is 2.37 bits per heavy atom. The number of H-pyrrole nitrogens is 1. The monoisotopic (exact) mass is 284 g/mol. The molecular weight excluding hydrogens is 264 g/mol. The number of primary amides is 1. The van der Waals surface area contributed by atoms with Gasteiger partial charge in [-0.15, -0.1) is 0 Å². The number of nitrogens with zero attached hydrogens (tertiary/aromatic N) is 1. The molecule has 0 aliphatic rings. The van der Waals surface area contributed by atoms with Gasteiger partial charge in [0.15, 0.2) is 5.16 Å². The molecule has 0 saturated carbocycles. The number of hydrogen-bond acceptors (Lipinski definition) is 5. The van der Waals surface area contributed by atoms with Crippen molar-refractivity contribution in [2.45, 2.75) is 37.9 Å². The van der Waals surface area contributed by atoms with E-state index in [1.54, 1.807) is 6.92 Å². The van der Waals surface area contributed by atoms with Gasteiger partial charge in [0.1, 0.15) is 0 Å². The molecule has 1 atom stereocenters. The Balaban J connectivity index is 2.47. The second-order valence-corrected chi connectivity index (χ2v) is 5.32. The van der Waals surface area contributed by atoms with E-state index in [0.29, 0.717) is 23.0 Å². The molecule has 0 saturated heterocycles. The van der Waals surface area contributed by atoms with E-state index in [9.17, 15) is 9.59 Å². The summed E-state index contributed by atoms with van der Waals surface area (Å²) in [5.41, 5.74) is 5.84. The van der Waals surface area contributed by atoms with Crippen LogP contribution in [0.5, 0.6) is 0 Å². The first-order valence-corrected chi connectivity index (χ1v) is 7.25. The van der Waals surface area contributed by atoms with Crippen LogP contribution in [0.4, 0.5) is 0 Å². The molecule has 1 heterocycles. The summed E-state index contributed by atoms with van der Waals surface area (Å²) in [6.07, 6.45) is 1.56. The van der Waals surface area contributed by atoms with Gasteiger partial charge in [-0.1, -0.05) is 18.7 Å². The van der Waals surface area contributed by atoms with Gasteiger partial charge >= 0.3 is 0 Å². The normalized spacial score (nSPS) is 12.3. The molecule has 7 heteroatoms. The fraction of sp³-hybridized carbons (Fsp3) is 0.583. The van der Waals surface area contributed by atoms with E-state index in [1.807, 2.05) is 6.92 Å². The SMILES string of the molecule is CCCNC(CCSc1nc(C)cc(=O)[nH]1)C(N)=O. The molecule has 4 N–H and O–H groups in total. The number of carbonyl (C=O) groups is 1. The summed E-state index contributed by atoms with van der Waals surface area (Å²) in [4.78, 5) is 29.4. The molecule has 0 radical (unpaired) electrons. The standard InChI is InChI=1S/C12H20N4O2S/c1-3-5-14-9(11(13)18)4-6-19-12-15-8(2)7-10(17)16-12/h7,9,14H,3-6H2,1-2H3,(H2,13,18)(H,15,16,17). The van der Waals surface area contributed by atoms with Crippen LogP contribution in [-0.2, 0) is 4.79 Å². The molecule has 19 heavy (non-hydrogen) atoms. The summed E-state index contributed by atoms with van der Waals surface area (Å²) < 4.78 is 0. The maximum atomic E-state index is 11.3. The summed E-state index contributed by atoms with van der Waals surface area (Å²) >= 11 is 1.41. The summed E-state index contributed by atoms with van der Waals surface area (Å²) in [6, 6.07) is 1.11. The average Bonchev–Trinajstić information content (AvgIpc) is 2.31. The molecule has 1 amide bonds. The van der Waals surface area contributed by atoms with E-state index in [1.165, 1.54) is 17.8 Å². The lowest BCUT2D eigenvalue weighted by Gasteiger charge is -2.14. The minimum absolute atomic E-state index is 0.162. The lowest BCUT2D eigenvalue weighted by Crippen LogP contribution is -2.42. The van der Waals surface area contributed by atoms with Crippen LogP contribution in [0.3, 0.4) is 0 Å². The number of aryl methyl sites for hydroxylation is 1. The van der Waals surface area contributed by atoms with Crippen molar-refractivity contribution in [1.82, 2.24) is 15.3 Å². The smallest absolute Gasteiger partial charge is 0.251 e. The first-order chi connectivity index (χ1) is 9.02. The van der Waals surface area contributed by atoms with Crippen LogP contribution in [0, 0.1) is 6.92 Å². The van der Waals surface area contributed by atoms with E-state index < -0.39 is 0 Å². The Bertz CT molecular complexity index is 475. The number of aromatic nitrogens is 2. The quantitative estimate of drug-likeness (QED) is 0.474. The molecule has 1 aromatic heterocycles. The van der Waals surface area contributed by atoms with Crippen LogP contribution in [0.2, 0.25) is 0 Å². The fourth-order valence-corrected chi connectivity index (χ4v) is 2.49. The third kappa shape index (κ3) is 5.89. The molecule has 1 rings (SSSR count). The van der Waals surface area contributed by atoms with Crippen molar-refractivity contribution in [3.63, 3.8) is 0 Å². The van der Waals surface area contributed by atoms with Crippen molar-refractivity contribution in [3.05, 3.63) is 22.1 Å². The van der Waals surface area contributed by atoms with E-state index in [-0.39, 0.29) is 17.5 Å². The summed E-state index contributed by atoms with van der Waals surface area (Å²) in [5.74, 6) is 0.316. The number of nitrogens with one attached hydrogen (secondary N) is 2. The molecule has 0 aromatic carbocycles. The number of nitrogens with two attached hydrogens (primary N) is 1. The zero-order valence-electron chi connectivity index (χ0n) is 11.2. The molecule has 6 nitrogen and oxygen atoms in total. The topological polar surface area (TPSA) is 101 Å². The fourth-order valence-electron chi connectivity index (χ4n) is 1.56. The van der Waals surface area contributed by atoms with Crippen molar-refractivity contribution in [1.29, 1.82) is 0 Å². The molecule has 0 aliphatic carbocycles. The van der Waals surface area contributed by atoms with Crippen LogP contribution in [0.1, 0.15) is 25.5 Å². The van der Waals surface area contributed by atoms with Gasteiger partial charge in [0.05, 0.1) is 6.04 Å². The van der Waals surface area contributed by atoms with Crippen LogP contribution in [-0.4, -0.2) is 34.2 Å². The largest absolute Gasteiger partial charge is 0.368 e. The van der Waals surface area contributed by atoms with Crippen LogP contribution in [0.15, 0.2) is 16.0 Å². The number of rotatable bonds is 8. The number of amides is 1. The second-order valence-electron chi connectivity index (χ2n) is 4.24.